The Kier molecular flexibility index (Phi) is 5.76. The number of carbonyl (C=O) groups is 1. The van der Waals surface area contributed by atoms with E-state index in [1.807, 2.05) is 23.6 Å². The standard InChI is InChI=1S/C16H20NO2S.HI/c1-17(8-10-19-11-9-17)7-6-15(18)14-12-20-16-5-3-2-4-13(14)16;/h2-5,12H,6-11H2,1H3;1H/q+1;/p-1. The predicted molar refractivity (Wildman–Crippen MR) is 82.4 cm³/mol. The van der Waals surface area contributed by atoms with Crippen LogP contribution in [0.5, 0.6) is 0 Å². The summed E-state index contributed by atoms with van der Waals surface area (Å²) in [5, 5.41) is 3.11. The Labute approximate surface area is 146 Å². The number of morpholine rings is 1. The largest absolute Gasteiger partial charge is 1.00 e. The number of halogens is 1. The molecular formula is C16H20INO2S. The second-order valence-corrected chi connectivity index (χ2v) is 6.63. The molecule has 21 heavy (non-hydrogen) atoms. The van der Waals surface area contributed by atoms with Crippen molar-refractivity contribution >= 4 is 27.2 Å². The number of nitrogens with zero attached hydrogens (tertiary/aromatic N) is 1. The van der Waals surface area contributed by atoms with Crippen LogP contribution in [0.1, 0.15) is 16.8 Å². The van der Waals surface area contributed by atoms with E-state index in [0.29, 0.717) is 6.42 Å². The summed E-state index contributed by atoms with van der Waals surface area (Å²) in [6, 6.07) is 8.14. The van der Waals surface area contributed by atoms with Crippen molar-refractivity contribution in [2.75, 3.05) is 39.9 Å². The van der Waals surface area contributed by atoms with Crippen LogP contribution in [0, 0.1) is 0 Å². The minimum absolute atomic E-state index is 0. The summed E-state index contributed by atoms with van der Waals surface area (Å²) in [5.74, 6) is 0.272. The number of rotatable bonds is 4. The molecule has 0 spiro atoms. The van der Waals surface area contributed by atoms with Gasteiger partial charge in [-0.25, -0.2) is 0 Å². The normalized spacial score (nSPS) is 17.4. The lowest BCUT2D eigenvalue weighted by atomic mass is 10.1. The maximum atomic E-state index is 12.5. The average Bonchev–Trinajstić information content (AvgIpc) is 2.90. The molecule has 114 valence electrons. The summed E-state index contributed by atoms with van der Waals surface area (Å²) in [6.07, 6.45) is 0.622. The first-order valence-electron chi connectivity index (χ1n) is 7.09. The first-order chi connectivity index (χ1) is 9.68. The van der Waals surface area contributed by atoms with E-state index in [9.17, 15) is 4.79 Å². The Hall–Kier alpha value is -0.500. The van der Waals surface area contributed by atoms with Crippen LogP contribution < -0.4 is 24.0 Å². The second kappa shape index (κ2) is 7.17. The van der Waals surface area contributed by atoms with Crippen LogP contribution in [0.25, 0.3) is 10.1 Å². The molecule has 0 atom stereocenters. The van der Waals surface area contributed by atoms with Crippen molar-refractivity contribution in [2.45, 2.75) is 6.42 Å². The van der Waals surface area contributed by atoms with Gasteiger partial charge < -0.3 is 33.2 Å². The van der Waals surface area contributed by atoms with Gasteiger partial charge in [0.15, 0.2) is 5.78 Å². The molecule has 1 aromatic carbocycles. The molecular weight excluding hydrogens is 397 g/mol. The van der Waals surface area contributed by atoms with Gasteiger partial charge in [0.25, 0.3) is 0 Å². The van der Waals surface area contributed by atoms with Crippen molar-refractivity contribution in [3.8, 4) is 0 Å². The van der Waals surface area contributed by atoms with Crippen LogP contribution >= 0.6 is 11.3 Å². The number of hydrogen-bond donors (Lipinski definition) is 0. The van der Waals surface area contributed by atoms with Crippen molar-refractivity contribution < 1.29 is 38.0 Å². The van der Waals surface area contributed by atoms with Crippen molar-refractivity contribution in [1.82, 2.24) is 0 Å². The van der Waals surface area contributed by atoms with Gasteiger partial charge in [0.1, 0.15) is 13.1 Å². The molecule has 5 heteroatoms. The Morgan fingerprint density at radius 3 is 2.76 bits per heavy atom. The third kappa shape index (κ3) is 3.83. The molecule has 0 radical (unpaired) electrons. The third-order valence-electron chi connectivity index (χ3n) is 4.21. The van der Waals surface area contributed by atoms with Gasteiger partial charge in [-0.1, -0.05) is 18.2 Å². The van der Waals surface area contributed by atoms with Crippen LogP contribution in [0.4, 0.5) is 0 Å². The highest BCUT2D eigenvalue weighted by molar-refractivity contribution is 7.17. The quantitative estimate of drug-likeness (QED) is 0.397. The van der Waals surface area contributed by atoms with Crippen LogP contribution in [-0.2, 0) is 4.74 Å². The van der Waals surface area contributed by atoms with Crippen molar-refractivity contribution in [2.24, 2.45) is 0 Å². The zero-order valence-electron chi connectivity index (χ0n) is 12.2. The van der Waals surface area contributed by atoms with Gasteiger partial charge in [-0.2, -0.15) is 0 Å². The van der Waals surface area contributed by atoms with Gasteiger partial charge in [-0.3, -0.25) is 4.79 Å². The van der Waals surface area contributed by atoms with Crippen LogP contribution in [0.15, 0.2) is 29.6 Å². The molecule has 1 saturated heterocycles. The first kappa shape index (κ1) is 16.9. The molecule has 2 heterocycles. The second-order valence-electron chi connectivity index (χ2n) is 5.72. The van der Waals surface area contributed by atoms with Gasteiger partial charge in [-0.15, -0.1) is 11.3 Å². The molecule has 0 saturated carbocycles. The van der Waals surface area contributed by atoms with Crippen LogP contribution in [-0.4, -0.2) is 50.2 Å². The van der Waals surface area contributed by atoms with E-state index < -0.39 is 0 Å². The number of quaternary nitrogens is 1. The van der Waals surface area contributed by atoms with Gasteiger partial charge in [0.2, 0.25) is 0 Å². The number of benzene rings is 1. The monoisotopic (exact) mass is 417 g/mol. The minimum atomic E-state index is 0. The van der Waals surface area contributed by atoms with E-state index in [0.717, 1.165) is 48.3 Å². The molecule has 1 aliphatic heterocycles. The fourth-order valence-corrected chi connectivity index (χ4v) is 3.67. The summed E-state index contributed by atoms with van der Waals surface area (Å²) >= 11 is 1.66. The predicted octanol–water partition coefficient (Wildman–Crippen LogP) is -0.0451. The third-order valence-corrected chi connectivity index (χ3v) is 5.17. The maximum absolute atomic E-state index is 12.5. The minimum Gasteiger partial charge on any atom is -1.00 e. The van der Waals surface area contributed by atoms with E-state index in [1.165, 1.54) is 4.70 Å². The zero-order chi connectivity index (χ0) is 14.0. The SMILES string of the molecule is C[N+]1(CCC(=O)c2csc3ccccc23)CCOCC1.[I-]. The number of ketones is 1. The van der Waals surface area contributed by atoms with Gasteiger partial charge in [0, 0.05) is 21.0 Å². The molecule has 2 aromatic rings. The summed E-state index contributed by atoms with van der Waals surface area (Å²) in [7, 11) is 2.22. The van der Waals surface area contributed by atoms with Crippen molar-refractivity contribution in [3.63, 3.8) is 0 Å². The number of fused-ring (bicyclic) bond motifs is 1. The number of ether oxygens (including phenoxy) is 1. The van der Waals surface area contributed by atoms with Gasteiger partial charge >= 0.3 is 0 Å². The van der Waals surface area contributed by atoms with Crippen molar-refractivity contribution in [1.29, 1.82) is 0 Å². The van der Waals surface area contributed by atoms with Gasteiger partial charge in [-0.05, 0) is 6.07 Å². The fourth-order valence-electron chi connectivity index (χ4n) is 2.71. The summed E-state index contributed by atoms with van der Waals surface area (Å²) < 4.78 is 7.55. The number of likely N-dealkylation sites (N-methyl/N-ethyl adjacent to an activating group) is 1. The molecule has 0 amide bonds. The summed E-state index contributed by atoms with van der Waals surface area (Å²) in [4.78, 5) is 12.5. The number of Topliss-reactive ketones (excluding diaryl/α,β-unsaturated/α-hetero) is 1. The molecule has 3 nitrogen and oxygen atoms in total. The highest BCUT2D eigenvalue weighted by atomic mass is 127. The Morgan fingerprint density at radius 2 is 2.00 bits per heavy atom. The number of thiophene rings is 1. The number of hydrogen-bond acceptors (Lipinski definition) is 3. The maximum Gasteiger partial charge on any atom is 0.169 e. The average molecular weight is 417 g/mol. The van der Waals surface area contributed by atoms with E-state index in [1.54, 1.807) is 11.3 Å². The molecule has 0 unspecified atom stereocenters. The van der Waals surface area contributed by atoms with E-state index in [-0.39, 0.29) is 29.8 Å². The lowest BCUT2D eigenvalue weighted by molar-refractivity contribution is -0.916. The van der Waals surface area contributed by atoms with Crippen molar-refractivity contribution in [3.05, 3.63) is 35.2 Å². The van der Waals surface area contributed by atoms with E-state index >= 15 is 0 Å². The summed E-state index contributed by atoms with van der Waals surface area (Å²) in [5.41, 5.74) is 0.894. The molecule has 1 aromatic heterocycles. The van der Waals surface area contributed by atoms with E-state index in [4.69, 9.17) is 4.74 Å². The first-order valence-corrected chi connectivity index (χ1v) is 7.97. The van der Waals surface area contributed by atoms with Crippen LogP contribution in [0.2, 0.25) is 0 Å². The topological polar surface area (TPSA) is 26.3 Å². The summed E-state index contributed by atoms with van der Waals surface area (Å²) in [6.45, 7) is 4.56. The Morgan fingerprint density at radius 1 is 1.29 bits per heavy atom. The molecule has 0 bridgehead atoms. The van der Waals surface area contributed by atoms with Gasteiger partial charge in [0.05, 0.1) is 33.2 Å². The molecule has 0 N–H and O–H groups in total. The molecule has 1 fully saturated rings. The highest BCUT2D eigenvalue weighted by Crippen LogP contribution is 2.26. The lowest BCUT2D eigenvalue weighted by Crippen LogP contribution is -3.00. The van der Waals surface area contributed by atoms with E-state index in [2.05, 4.69) is 13.1 Å². The highest BCUT2D eigenvalue weighted by Gasteiger charge is 2.26. The Bertz CT molecular complexity index is 620. The molecule has 1 aliphatic rings. The smallest absolute Gasteiger partial charge is 0.169 e. The molecule has 3 rings (SSSR count). The zero-order valence-corrected chi connectivity index (χ0v) is 15.2. The van der Waals surface area contributed by atoms with Crippen LogP contribution in [0.3, 0.4) is 0 Å². The molecule has 0 aliphatic carbocycles. The lowest BCUT2D eigenvalue weighted by Gasteiger charge is -2.37. The fraction of sp³-hybridized carbons (Fsp3) is 0.438. The Balaban J connectivity index is 0.00000161. The number of carbonyl (C=O) groups excluding carboxylic acids is 1.